The van der Waals surface area contributed by atoms with Gasteiger partial charge >= 0.3 is 12.1 Å². The molecule has 3 rings (SSSR count). The molecule has 1 amide bonds. The van der Waals surface area contributed by atoms with Crippen LogP contribution in [0.15, 0.2) is 24.4 Å². The van der Waals surface area contributed by atoms with Crippen LogP contribution in [0, 0.1) is 0 Å². The summed E-state index contributed by atoms with van der Waals surface area (Å²) in [5.74, 6) is -0.944. The Labute approximate surface area is 146 Å². The Morgan fingerprint density at radius 2 is 1.92 bits per heavy atom. The highest BCUT2D eigenvalue weighted by Crippen LogP contribution is 2.25. The van der Waals surface area contributed by atoms with Crippen molar-refractivity contribution >= 4 is 23.0 Å². The molecule has 1 aromatic carbocycles. The Morgan fingerprint density at radius 3 is 2.52 bits per heavy atom. The van der Waals surface area contributed by atoms with E-state index in [1.54, 1.807) is 23.1 Å². The molecule has 1 aromatic heterocycles. The molecule has 0 aliphatic carbocycles. The maximum Gasteiger partial charge on any atom is 0.410 e. The minimum atomic E-state index is -0.944. The molecule has 134 valence electrons. The van der Waals surface area contributed by atoms with E-state index < -0.39 is 11.6 Å². The fraction of sp³-hybridized carbons (Fsp3) is 0.500. The number of rotatable bonds is 2. The van der Waals surface area contributed by atoms with E-state index in [1.807, 2.05) is 31.6 Å². The smallest absolute Gasteiger partial charge is 0.410 e. The lowest BCUT2D eigenvalue weighted by atomic mass is 10.1. The topological polar surface area (TPSA) is 84.7 Å². The molecule has 7 heteroatoms. The van der Waals surface area contributed by atoms with E-state index in [0.29, 0.717) is 13.1 Å². The highest BCUT2D eigenvalue weighted by molar-refractivity contribution is 5.93. The number of hydrogen-bond donors (Lipinski definition) is 1. The van der Waals surface area contributed by atoms with E-state index in [0.717, 1.165) is 23.7 Å². The van der Waals surface area contributed by atoms with Crippen molar-refractivity contribution in [2.45, 2.75) is 45.3 Å². The van der Waals surface area contributed by atoms with Crippen LogP contribution in [0.1, 0.15) is 50.0 Å². The molecule has 1 aliphatic rings. The van der Waals surface area contributed by atoms with Gasteiger partial charge < -0.3 is 14.7 Å². The first kappa shape index (κ1) is 17.3. The second kappa shape index (κ2) is 6.38. The summed E-state index contributed by atoms with van der Waals surface area (Å²) in [5, 5.41) is 14.5. The van der Waals surface area contributed by atoms with E-state index >= 15 is 0 Å². The van der Waals surface area contributed by atoms with Crippen LogP contribution in [0.4, 0.5) is 4.79 Å². The number of benzene rings is 1. The molecule has 25 heavy (non-hydrogen) atoms. The van der Waals surface area contributed by atoms with Crippen molar-refractivity contribution < 1.29 is 19.4 Å². The quantitative estimate of drug-likeness (QED) is 0.902. The predicted octanol–water partition coefficient (Wildman–Crippen LogP) is 3.31. The van der Waals surface area contributed by atoms with Crippen LogP contribution in [-0.4, -0.2) is 50.5 Å². The minimum absolute atomic E-state index is 0.194. The zero-order valence-electron chi connectivity index (χ0n) is 14.7. The van der Waals surface area contributed by atoms with E-state index in [1.165, 1.54) is 0 Å². The maximum absolute atomic E-state index is 12.1. The van der Waals surface area contributed by atoms with Crippen LogP contribution in [0.3, 0.4) is 0 Å². The molecule has 1 N–H and O–H groups in total. The second-order valence-electron chi connectivity index (χ2n) is 7.39. The Balaban J connectivity index is 1.67. The Hall–Kier alpha value is -2.57. The van der Waals surface area contributed by atoms with Crippen LogP contribution in [0.25, 0.3) is 10.9 Å². The van der Waals surface area contributed by atoms with Crippen molar-refractivity contribution in [3.63, 3.8) is 0 Å². The van der Waals surface area contributed by atoms with Gasteiger partial charge in [-0.2, -0.15) is 5.10 Å². The molecule has 0 radical (unpaired) electrons. The fourth-order valence-electron chi connectivity index (χ4n) is 3.00. The summed E-state index contributed by atoms with van der Waals surface area (Å²) in [5.41, 5.74) is 0.543. The van der Waals surface area contributed by atoms with Gasteiger partial charge in [0.05, 0.1) is 17.1 Å². The van der Waals surface area contributed by atoms with Crippen molar-refractivity contribution in [2.75, 3.05) is 13.1 Å². The molecule has 1 fully saturated rings. The normalized spacial score (nSPS) is 16.2. The summed E-state index contributed by atoms with van der Waals surface area (Å²) in [7, 11) is 0. The molecule has 0 unspecified atom stereocenters. The largest absolute Gasteiger partial charge is 0.478 e. The van der Waals surface area contributed by atoms with Gasteiger partial charge in [-0.15, -0.1) is 0 Å². The number of nitrogens with zero attached hydrogens (tertiary/aromatic N) is 3. The van der Waals surface area contributed by atoms with E-state index in [4.69, 9.17) is 9.84 Å². The fourth-order valence-corrected chi connectivity index (χ4v) is 3.00. The molecule has 0 saturated carbocycles. The standard InChI is InChI=1S/C18H23N3O4/c1-18(2,3)25-17(24)20-8-6-14(7-9-20)21-11-13-10-12(16(22)23)4-5-15(13)19-21/h4-5,10-11,14H,6-9H2,1-3H3,(H,22,23). The molecular weight excluding hydrogens is 322 g/mol. The Kier molecular flexibility index (Phi) is 4.41. The van der Waals surface area contributed by atoms with Gasteiger partial charge in [-0.25, -0.2) is 9.59 Å². The maximum atomic E-state index is 12.1. The molecule has 0 atom stereocenters. The van der Waals surface area contributed by atoms with Crippen molar-refractivity contribution in [1.82, 2.24) is 14.7 Å². The monoisotopic (exact) mass is 345 g/mol. The van der Waals surface area contributed by atoms with Gasteiger partial charge in [0.2, 0.25) is 0 Å². The summed E-state index contributed by atoms with van der Waals surface area (Å²) in [4.78, 5) is 24.9. The van der Waals surface area contributed by atoms with Crippen molar-refractivity contribution in [3.05, 3.63) is 30.0 Å². The molecule has 0 spiro atoms. The van der Waals surface area contributed by atoms with Crippen molar-refractivity contribution in [3.8, 4) is 0 Å². The third-order valence-corrected chi connectivity index (χ3v) is 4.26. The predicted molar refractivity (Wildman–Crippen MR) is 92.8 cm³/mol. The van der Waals surface area contributed by atoms with Crippen molar-refractivity contribution in [1.29, 1.82) is 0 Å². The number of aromatic nitrogens is 2. The van der Waals surface area contributed by atoms with Crippen LogP contribution < -0.4 is 0 Å². The Morgan fingerprint density at radius 1 is 1.24 bits per heavy atom. The third-order valence-electron chi connectivity index (χ3n) is 4.26. The first-order valence-electron chi connectivity index (χ1n) is 8.43. The number of carbonyl (C=O) groups excluding carboxylic acids is 1. The number of hydrogen-bond acceptors (Lipinski definition) is 4. The number of carboxylic acids is 1. The number of likely N-dealkylation sites (tertiary alicyclic amines) is 1. The third kappa shape index (κ3) is 3.92. The minimum Gasteiger partial charge on any atom is -0.478 e. The van der Waals surface area contributed by atoms with Crippen molar-refractivity contribution in [2.24, 2.45) is 0 Å². The van der Waals surface area contributed by atoms with Crippen LogP contribution >= 0.6 is 0 Å². The lowest BCUT2D eigenvalue weighted by Crippen LogP contribution is -2.42. The molecule has 7 nitrogen and oxygen atoms in total. The van der Waals surface area contributed by atoms with Gasteiger partial charge in [0.25, 0.3) is 0 Å². The van der Waals surface area contributed by atoms with Crippen LogP contribution in [-0.2, 0) is 4.74 Å². The number of aromatic carboxylic acids is 1. The average Bonchev–Trinajstić information content (AvgIpc) is 2.96. The summed E-state index contributed by atoms with van der Waals surface area (Å²) < 4.78 is 7.30. The van der Waals surface area contributed by atoms with E-state index in [9.17, 15) is 9.59 Å². The average molecular weight is 345 g/mol. The van der Waals surface area contributed by atoms with Gasteiger partial charge in [-0.1, -0.05) is 0 Å². The summed E-state index contributed by atoms with van der Waals surface area (Å²) >= 11 is 0. The molecule has 2 heterocycles. The zero-order valence-corrected chi connectivity index (χ0v) is 14.7. The number of carboxylic acid groups (broad SMARTS) is 1. The summed E-state index contributed by atoms with van der Waals surface area (Å²) in [6.07, 6.45) is 3.19. The highest BCUT2D eigenvalue weighted by atomic mass is 16.6. The summed E-state index contributed by atoms with van der Waals surface area (Å²) in [6, 6.07) is 5.12. The zero-order chi connectivity index (χ0) is 18.2. The lowest BCUT2D eigenvalue weighted by molar-refractivity contribution is 0.0185. The highest BCUT2D eigenvalue weighted by Gasteiger charge is 2.28. The van der Waals surface area contributed by atoms with E-state index in [-0.39, 0.29) is 17.7 Å². The van der Waals surface area contributed by atoms with Gasteiger partial charge in [0, 0.05) is 24.7 Å². The molecule has 1 saturated heterocycles. The second-order valence-corrected chi connectivity index (χ2v) is 7.39. The van der Waals surface area contributed by atoms with Crippen LogP contribution in [0.5, 0.6) is 0 Å². The van der Waals surface area contributed by atoms with Crippen LogP contribution in [0.2, 0.25) is 0 Å². The van der Waals surface area contributed by atoms with E-state index in [2.05, 4.69) is 5.10 Å². The van der Waals surface area contributed by atoms with Gasteiger partial charge in [0.1, 0.15) is 5.60 Å². The molecule has 0 bridgehead atoms. The number of amides is 1. The van der Waals surface area contributed by atoms with Gasteiger partial charge in [0.15, 0.2) is 0 Å². The first-order valence-corrected chi connectivity index (χ1v) is 8.43. The first-order chi connectivity index (χ1) is 11.7. The lowest BCUT2D eigenvalue weighted by Gasteiger charge is -2.33. The number of carbonyl (C=O) groups is 2. The molecule has 2 aromatic rings. The number of ether oxygens (including phenoxy) is 1. The Bertz CT molecular complexity index is 798. The number of piperidine rings is 1. The molecular formula is C18H23N3O4. The van der Waals surface area contributed by atoms with Gasteiger partial charge in [-0.3, -0.25) is 4.68 Å². The SMILES string of the molecule is CC(C)(C)OC(=O)N1CCC(n2cc3cc(C(=O)O)ccc3n2)CC1. The number of fused-ring (bicyclic) bond motifs is 1. The molecule has 1 aliphatic heterocycles. The van der Waals surface area contributed by atoms with Gasteiger partial charge in [-0.05, 0) is 51.8 Å². The summed E-state index contributed by atoms with van der Waals surface area (Å²) in [6.45, 7) is 6.82.